The summed E-state index contributed by atoms with van der Waals surface area (Å²) in [5.74, 6) is -1.09. The van der Waals surface area contributed by atoms with Crippen LogP contribution in [-0.2, 0) is 0 Å². The number of carbonyl (C=O) groups is 1. The maximum absolute atomic E-state index is 11.5. The summed E-state index contributed by atoms with van der Waals surface area (Å²) in [6, 6.07) is 16.3. The Balaban J connectivity index is 2.55. The van der Waals surface area contributed by atoms with Crippen LogP contribution >= 0.6 is 11.6 Å². The highest BCUT2D eigenvalue weighted by Gasteiger charge is 2.20. The van der Waals surface area contributed by atoms with Gasteiger partial charge >= 0.3 is 5.97 Å². The van der Waals surface area contributed by atoms with Gasteiger partial charge in [0.05, 0.1) is 23.2 Å². The summed E-state index contributed by atoms with van der Waals surface area (Å²) >= 11 is 6.02. The molecule has 0 aliphatic carbocycles. The van der Waals surface area contributed by atoms with E-state index >= 15 is 0 Å². The largest absolute Gasteiger partial charge is 0.478 e. The monoisotopic (exact) mass is 300 g/mol. The minimum absolute atomic E-state index is 0.0426. The van der Waals surface area contributed by atoms with Gasteiger partial charge in [-0.15, -0.1) is 0 Å². The highest BCUT2D eigenvalue weighted by Crippen LogP contribution is 2.32. The quantitative estimate of drug-likeness (QED) is 0.903. The summed E-state index contributed by atoms with van der Waals surface area (Å²) in [5, 5.41) is 18.4. The van der Waals surface area contributed by atoms with E-state index in [2.05, 4.69) is 6.07 Å². The summed E-state index contributed by atoms with van der Waals surface area (Å²) in [7, 11) is 0. The number of hydrogen-bond donors (Lipinski definition) is 1. The molecule has 2 aromatic rings. The van der Waals surface area contributed by atoms with E-state index in [0.717, 1.165) is 5.69 Å². The Hall–Kier alpha value is -2.51. The fourth-order valence-corrected chi connectivity index (χ4v) is 2.36. The summed E-state index contributed by atoms with van der Waals surface area (Å²) in [6.45, 7) is 0.390. The Labute approximate surface area is 127 Å². The number of halogens is 1. The topological polar surface area (TPSA) is 64.3 Å². The molecule has 0 spiro atoms. The van der Waals surface area contributed by atoms with Crippen molar-refractivity contribution >= 4 is 28.9 Å². The van der Waals surface area contributed by atoms with Gasteiger partial charge in [0.1, 0.15) is 5.56 Å². The Bertz CT molecular complexity index is 680. The molecule has 0 bridgehead atoms. The third-order valence-corrected chi connectivity index (χ3v) is 3.33. The van der Waals surface area contributed by atoms with E-state index in [1.165, 1.54) is 0 Å². The maximum Gasteiger partial charge on any atom is 0.339 e. The lowest BCUT2D eigenvalue weighted by Gasteiger charge is -2.25. The van der Waals surface area contributed by atoms with E-state index in [1.54, 1.807) is 23.1 Å². The van der Waals surface area contributed by atoms with Crippen LogP contribution in [0.25, 0.3) is 0 Å². The molecular formula is C16H13ClN2O2. The second-order valence-electron chi connectivity index (χ2n) is 4.33. The van der Waals surface area contributed by atoms with Gasteiger partial charge in [0.15, 0.2) is 0 Å². The van der Waals surface area contributed by atoms with Crippen molar-refractivity contribution in [2.45, 2.75) is 6.42 Å². The molecule has 0 amide bonds. The van der Waals surface area contributed by atoms with Crippen molar-refractivity contribution < 1.29 is 9.90 Å². The van der Waals surface area contributed by atoms with E-state index in [1.807, 2.05) is 30.3 Å². The first-order valence-corrected chi connectivity index (χ1v) is 6.74. The number of carboxylic acid groups (broad SMARTS) is 1. The summed E-state index contributed by atoms with van der Waals surface area (Å²) < 4.78 is 0. The Morgan fingerprint density at radius 1 is 1.19 bits per heavy atom. The highest BCUT2D eigenvalue weighted by atomic mass is 35.5. The zero-order chi connectivity index (χ0) is 15.2. The van der Waals surface area contributed by atoms with Gasteiger partial charge in [-0.1, -0.05) is 35.9 Å². The van der Waals surface area contributed by atoms with Crippen LogP contribution in [0.2, 0.25) is 5.02 Å². The second kappa shape index (κ2) is 6.78. The average Bonchev–Trinajstić information content (AvgIpc) is 2.48. The van der Waals surface area contributed by atoms with Crippen molar-refractivity contribution in [3.8, 4) is 6.07 Å². The highest BCUT2D eigenvalue weighted by molar-refractivity contribution is 6.34. The third-order valence-electron chi connectivity index (χ3n) is 3.01. The van der Waals surface area contributed by atoms with Gasteiger partial charge in [-0.2, -0.15) is 5.26 Å². The molecule has 0 saturated carbocycles. The fourth-order valence-electron chi connectivity index (χ4n) is 2.11. The number of nitrogens with zero attached hydrogens (tertiary/aromatic N) is 2. The maximum atomic E-state index is 11.5. The predicted octanol–water partition coefficient (Wildman–Crippen LogP) is 4.09. The Kier molecular flexibility index (Phi) is 4.81. The lowest BCUT2D eigenvalue weighted by molar-refractivity contribution is 0.0698. The molecule has 5 heteroatoms. The number of aromatic carboxylic acids is 1. The molecule has 2 rings (SSSR count). The zero-order valence-electron chi connectivity index (χ0n) is 11.2. The number of hydrogen-bond acceptors (Lipinski definition) is 3. The summed E-state index contributed by atoms with van der Waals surface area (Å²) in [4.78, 5) is 13.3. The number of benzene rings is 2. The molecule has 0 atom stereocenters. The molecule has 0 fully saturated rings. The third kappa shape index (κ3) is 3.33. The van der Waals surface area contributed by atoms with E-state index < -0.39 is 5.97 Å². The van der Waals surface area contributed by atoms with Crippen molar-refractivity contribution in [3.63, 3.8) is 0 Å². The molecule has 0 unspecified atom stereocenters. The van der Waals surface area contributed by atoms with Crippen LogP contribution in [0.1, 0.15) is 16.8 Å². The number of anilines is 2. The van der Waals surface area contributed by atoms with Crippen molar-refractivity contribution in [2.75, 3.05) is 11.4 Å². The van der Waals surface area contributed by atoms with Gasteiger partial charge in [-0.3, -0.25) is 0 Å². The minimum Gasteiger partial charge on any atom is -0.478 e. The van der Waals surface area contributed by atoms with Crippen LogP contribution in [0.3, 0.4) is 0 Å². The fraction of sp³-hybridized carbons (Fsp3) is 0.125. The van der Waals surface area contributed by atoms with Crippen molar-refractivity contribution in [1.29, 1.82) is 5.26 Å². The van der Waals surface area contributed by atoms with Crippen molar-refractivity contribution in [2.24, 2.45) is 0 Å². The number of carboxylic acids is 1. The van der Waals surface area contributed by atoms with Gasteiger partial charge in [0, 0.05) is 12.2 Å². The van der Waals surface area contributed by atoms with Crippen LogP contribution in [0, 0.1) is 11.3 Å². The van der Waals surface area contributed by atoms with E-state index in [0.29, 0.717) is 12.2 Å². The van der Waals surface area contributed by atoms with Crippen molar-refractivity contribution in [1.82, 2.24) is 0 Å². The van der Waals surface area contributed by atoms with Crippen LogP contribution in [0.5, 0.6) is 0 Å². The van der Waals surface area contributed by atoms with E-state index in [-0.39, 0.29) is 17.0 Å². The molecule has 0 saturated heterocycles. The standard InChI is InChI=1S/C16H13ClN2O2/c17-13-8-4-9-14(15(13)16(20)21)19(11-5-10-18)12-6-2-1-3-7-12/h1-4,6-9H,5,11H2,(H,20,21). The lowest BCUT2D eigenvalue weighted by Crippen LogP contribution is -2.21. The minimum atomic E-state index is -1.09. The number of para-hydroxylation sites is 1. The molecule has 2 aromatic carbocycles. The number of nitriles is 1. The molecule has 0 heterocycles. The molecule has 4 nitrogen and oxygen atoms in total. The molecule has 1 N–H and O–H groups in total. The molecule has 0 radical (unpaired) electrons. The van der Waals surface area contributed by atoms with Gasteiger partial charge in [0.2, 0.25) is 0 Å². The molecular weight excluding hydrogens is 288 g/mol. The molecule has 0 aromatic heterocycles. The predicted molar refractivity (Wildman–Crippen MR) is 82.1 cm³/mol. The SMILES string of the molecule is N#CCCN(c1ccccc1)c1cccc(Cl)c1C(=O)O. The van der Waals surface area contributed by atoms with E-state index in [9.17, 15) is 9.90 Å². The molecule has 106 valence electrons. The van der Waals surface area contributed by atoms with Crippen LogP contribution in [0.4, 0.5) is 11.4 Å². The number of rotatable bonds is 5. The normalized spacial score (nSPS) is 9.90. The molecule has 0 aliphatic heterocycles. The van der Waals surface area contributed by atoms with E-state index in [4.69, 9.17) is 16.9 Å². The Morgan fingerprint density at radius 2 is 1.90 bits per heavy atom. The first kappa shape index (κ1) is 14.9. The van der Waals surface area contributed by atoms with Gasteiger partial charge in [0.25, 0.3) is 0 Å². The van der Waals surface area contributed by atoms with Crippen LogP contribution in [-0.4, -0.2) is 17.6 Å². The van der Waals surface area contributed by atoms with Gasteiger partial charge < -0.3 is 10.0 Å². The lowest BCUT2D eigenvalue weighted by atomic mass is 10.1. The van der Waals surface area contributed by atoms with Crippen molar-refractivity contribution in [3.05, 3.63) is 59.1 Å². The first-order valence-electron chi connectivity index (χ1n) is 6.36. The van der Waals surface area contributed by atoms with Crippen LogP contribution < -0.4 is 4.90 Å². The molecule has 0 aliphatic rings. The van der Waals surface area contributed by atoms with Gasteiger partial charge in [-0.05, 0) is 24.3 Å². The summed E-state index contributed by atoms with van der Waals surface area (Å²) in [5.41, 5.74) is 1.34. The smallest absolute Gasteiger partial charge is 0.339 e. The second-order valence-corrected chi connectivity index (χ2v) is 4.74. The Morgan fingerprint density at radius 3 is 2.52 bits per heavy atom. The van der Waals surface area contributed by atoms with Gasteiger partial charge in [-0.25, -0.2) is 4.79 Å². The zero-order valence-corrected chi connectivity index (χ0v) is 11.9. The first-order chi connectivity index (χ1) is 10.1. The molecule has 21 heavy (non-hydrogen) atoms. The summed E-state index contributed by atoms with van der Waals surface area (Å²) in [6.07, 6.45) is 0.278. The van der Waals surface area contributed by atoms with Crippen LogP contribution in [0.15, 0.2) is 48.5 Å². The average molecular weight is 301 g/mol.